The van der Waals surface area contributed by atoms with Crippen LogP contribution in [0.5, 0.6) is 0 Å². The van der Waals surface area contributed by atoms with E-state index in [4.69, 9.17) is 0 Å². The lowest BCUT2D eigenvalue weighted by molar-refractivity contribution is -0.120. The van der Waals surface area contributed by atoms with Gasteiger partial charge in [-0.3, -0.25) is 14.4 Å². The van der Waals surface area contributed by atoms with Gasteiger partial charge in [-0.1, -0.05) is 48.5 Å². The van der Waals surface area contributed by atoms with Gasteiger partial charge in [0, 0.05) is 5.56 Å². The van der Waals surface area contributed by atoms with Crippen LogP contribution in [0.25, 0.3) is 6.08 Å². The molecule has 108 valence electrons. The molecule has 0 unspecified atom stereocenters. The van der Waals surface area contributed by atoms with Gasteiger partial charge >= 0.3 is 5.24 Å². The number of benzene rings is 2. The van der Waals surface area contributed by atoms with Crippen LogP contribution in [0.2, 0.25) is 0 Å². The first-order valence-electron chi connectivity index (χ1n) is 6.59. The molecule has 1 fully saturated rings. The predicted octanol–water partition coefficient (Wildman–Crippen LogP) is 3.56. The van der Waals surface area contributed by atoms with E-state index in [1.807, 2.05) is 30.3 Å². The first-order valence-corrected chi connectivity index (χ1v) is 7.41. The summed E-state index contributed by atoms with van der Waals surface area (Å²) in [7, 11) is 0. The summed E-state index contributed by atoms with van der Waals surface area (Å²) in [4.78, 5) is 37.6. The minimum atomic E-state index is -0.598. The monoisotopic (exact) mass is 309 g/mol. The molecule has 0 saturated carbocycles. The summed E-state index contributed by atoms with van der Waals surface area (Å²) in [5.74, 6) is -1.17. The van der Waals surface area contributed by atoms with Gasteiger partial charge in [-0.15, -0.1) is 0 Å². The predicted molar refractivity (Wildman–Crippen MR) is 85.0 cm³/mol. The molecule has 1 aliphatic rings. The second kappa shape index (κ2) is 5.99. The number of hydrogen-bond acceptors (Lipinski definition) is 4. The van der Waals surface area contributed by atoms with Crippen molar-refractivity contribution in [1.82, 2.24) is 4.90 Å². The van der Waals surface area contributed by atoms with Crippen LogP contribution in [-0.2, 0) is 4.79 Å². The molecule has 22 heavy (non-hydrogen) atoms. The molecule has 1 aliphatic heterocycles. The quantitative estimate of drug-likeness (QED) is 0.628. The van der Waals surface area contributed by atoms with Gasteiger partial charge < -0.3 is 0 Å². The molecule has 1 saturated heterocycles. The average Bonchev–Trinajstić information content (AvgIpc) is 2.82. The largest absolute Gasteiger partial charge is 0.300 e. The van der Waals surface area contributed by atoms with Crippen LogP contribution in [0, 0.1) is 0 Å². The molecule has 3 amide bonds. The van der Waals surface area contributed by atoms with Crippen molar-refractivity contribution in [3.63, 3.8) is 0 Å². The van der Waals surface area contributed by atoms with Gasteiger partial charge in [-0.2, -0.15) is 0 Å². The number of carbonyl (C=O) groups is 3. The summed E-state index contributed by atoms with van der Waals surface area (Å²) >= 11 is 0.777. The summed E-state index contributed by atoms with van der Waals surface area (Å²) in [6.07, 6.45) is 1.61. The number of carbonyl (C=O) groups excluding carboxylic acids is 3. The maximum Gasteiger partial charge on any atom is 0.300 e. The van der Waals surface area contributed by atoms with Crippen molar-refractivity contribution in [2.24, 2.45) is 0 Å². The molecule has 0 aromatic heterocycles. The number of hydrogen-bond donors (Lipinski definition) is 0. The van der Waals surface area contributed by atoms with Crippen LogP contribution in [-0.4, -0.2) is 22.0 Å². The maximum atomic E-state index is 12.3. The van der Waals surface area contributed by atoms with Gasteiger partial charge in [-0.05, 0) is 35.5 Å². The van der Waals surface area contributed by atoms with Gasteiger partial charge in [0.2, 0.25) is 0 Å². The third-order valence-corrected chi connectivity index (χ3v) is 3.98. The summed E-state index contributed by atoms with van der Waals surface area (Å²) in [6.45, 7) is 0. The Bertz CT molecular complexity index is 769. The minimum Gasteiger partial charge on any atom is -0.268 e. The number of imide groups is 3. The Hall–Kier alpha value is -2.66. The molecule has 0 N–H and O–H groups in total. The Balaban J connectivity index is 1.89. The third-order valence-electron chi connectivity index (χ3n) is 3.11. The highest BCUT2D eigenvalue weighted by Crippen LogP contribution is 2.33. The van der Waals surface area contributed by atoms with Crippen molar-refractivity contribution >= 4 is 34.9 Å². The van der Waals surface area contributed by atoms with Gasteiger partial charge in [-0.25, -0.2) is 4.90 Å². The van der Waals surface area contributed by atoms with Crippen molar-refractivity contribution < 1.29 is 14.4 Å². The molecule has 2 aromatic rings. The Kier molecular flexibility index (Phi) is 3.89. The van der Waals surface area contributed by atoms with Crippen LogP contribution < -0.4 is 0 Å². The Labute approximate surface area is 131 Å². The number of nitrogens with zero attached hydrogens (tertiary/aromatic N) is 1. The normalized spacial score (nSPS) is 16.4. The SMILES string of the molecule is O=C1SC(=Cc2ccccc2)C(=O)N1C(=O)c1ccccc1. The van der Waals surface area contributed by atoms with E-state index in [1.165, 1.54) is 0 Å². The Morgan fingerprint density at radius 1 is 0.909 bits per heavy atom. The van der Waals surface area contributed by atoms with Crippen molar-refractivity contribution in [2.45, 2.75) is 0 Å². The highest BCUT2D eigenvalue weighted by Gasteiger charge is 2.40. The van der Waals surface area contributed by atoms with Crippen molar-refractivity contribution in [1.29, 1.82) is 0 Å². The molecule has 0 radical (unpaired) electrons. The van der Waals surface area contributed by atoms with Crippen LogP contribution in [0.4, 0.5) is 4.79 Å². The van der Waals surface area contributed by atoms with Gasteiger partial charge in [0.15, 0.2) is 0 Å². The van der Waals surface area contributed by atoms with Gasteiger partial charge in [0.1, 0.15) is 0 Å². The van der Waals surface area contributed by atoms with E-state index in [0.717, 1.165) is 17.3 Å². The lowest BCUT2D eigenvalue weighted by atomic mass is 10.2. The molecule has 4 nitrogen and oxygen atoms in total. The first kappa shape index (κ1) is 14.3. The fraction of sp³-hybridized carbons (Fsp3) is 0. The third kappa shape index (κ3) is 2.71. The minimum absolute atomic E-state index is 0.250. The zero-order valence-electron chi connectivity index (χ0n) is 11.4. The highest BCUT2D eigenvalue weighted by atomic mass is 32.2. The Morgan fingerprint density at radius 2 is 1.50 bits per heavy atom. The molecule has 2 aromatic carbocycles. The van der Waals surface area contributed by atoms with Gasteiger partial charge in [0.25, 0.3) is 11.8 Å². The van der Waals surface area contributed by atoms with Crippen molar-refractivity contribution in [3.8, 4) is 0 Å². The van der Waals surface area contributed by atoms with E-state index < -0.39 is 17.1 Å². The topological polar surface area (TPSA) is 54.5 Å². The number of thioether (sulfide) groups is 1. The lowest BCUT2D eigenvalue weighted by Gasteiger charge is -2.10. The Morgan fingerprint density at radius 3 is 2.14 bits per heavy atom. The molecule has 3 rings (SSSR count). The molecule has 0 aliphatic carbocycles. The molecule has 0 spiro atoms. The fourth-order valence-corrected chi connectivity index (χ4v) is 2.87. The zero-order chi connectivity index (χ0) is 15.5. The van der Waals surface area contributed by atoms with Crippen molar-refractivity contribution in [3.05, 3.63) is 76.7 Å². The van der Waals surface area contributed by atoms with Crippen LogP contribution in [0.15, 0.2) is 65.6 Å². The maximum absolute atomic E-state index is 12.3. The number of rotatable bonds is 2. The molecule has 0 bridgehead atoms. The first-order chi connectivity index (χ1) is 10.7. The summed E-state index contributed by atoms with van der Waals surface area (Å²) in [6, 6.07) is 17.5. The molecule has 1 heterocycles. The second-order valence-corrected chi connectivity index (χ2v) is 5.59. The van der Waals surface area contributed by atoms with Gasteiger partial charge in [0.05, 0.1) is 4.91 Å². The molecular formula is C17H11NO3S. The number of amides is 3. The summed E-state index contributed by atoms with van der Waals surface area (Å²) in [5.41, 5.74) is 1.12. The lowest BCUT2D eigenvalue weighted by Crippen LogP contribution is -2.34. The van der Waals surface area contributed by atoms with E-state index in [9.17, 15) is 14.4 Å². The summed E-state index contributed by atoms with van der Waals surface area (Å²) in [5, 5.41) is -0.568. The second-order valence-electron chi connectivity index (χ2n) is 4.60. The molecule has 0 atom stereocenters. The van der Waals surface area contributed by atoms with E-state index in [-0.39, 0.29) is 4.91 Å². The van der Waals surface area contributed by atoms with Crippen LogP contribution in [0.3, 0.4) is 0 Å². The summed E-state index contributed by atoms with van der Waals surface area (Å²) < 4.78 is 0. The average molecular weight is 309 g/mol. The molecule has 5 heteroatoms. The van der Waals surface area contributed by atoms with E-state index >= 15 is 0 Å². The van der Waals surface area contributed by atoms with E-state index in [1.54, 1.807) is 36.4 Å². The van der Waals surface area contributed by atoms with Crippen LogP contribution >= 0.6 is 11.8 Å². The smallest absolute Gasteiger partial charge is 0.268 e. The van der Waals surface area contributed by atoms with Crippen LogP contribution in [0.1, 0.15) is 15.9 Å². The van der Waals surface area contributed by atoms with E-state index in [0.29, 0.717) is 10.5 Å². The van der Waals surface area contributed by atoms with E-state index in [2.05, 4.69) is 0 Å². The standard InChI is InChI=1S/C17H11NO3S/c19-15(13-9-5-2-6-10-13)18-16(20)14(22-17(18)21)11-12-7-3-1-4-8-12/h1-11H. The van der Waals surface area contributed by atoms with Crippen molar-refractivity contribution in [2.75, 3.05) is 0 Å². The highest BCUT2D eigenvalue weighted by molar-refractivity contribution is 8.18. The zero-order valence-corrected chi connectivity index (χ0v) is 12.2. The molecular weight excluding hydrogens is 298 g/mol. The fourth-order valence-electron chi connectivity index (χ4n) is 2.05.